The monoisotopic (exact) mass is 573 g/mol. The first kappa shape index (κ1) is 28.7. The van der Waals surface area contributed by atoms with Crippen LogP contribution in [0.5, 0.6) is 5.75 Å². The maximum absolute atomic E-state index is 13.5. The largest absolute Gasteiger partial charge is 0.489 e. The molecule has 2 heterocycles. The minimum absolute atomic E-state index is 0.0498. The minimum Gasteiger partial charge on any atom is -0.489 e. The molecule has 4 aromatic carbocycles. The third-order valence-electron chi connectivity index (χ3n) is 8.14. The Hall–Kier alpha value is -4.39. The van der Waals surface area contributed by atoms with Gasteiger partial charge in [-0.05, 0) is 40.5 Å². The zero-order valence-electron chi connectivity index (χ0n) is 24.5. The first-order valence-electron chi connectivity index (χ1n) is 15.2. The number of carbonyl (C=O) groups is 1. The van der Waals surface area contributed by atoms with E-state index in [1.54, 1.807) is 0 Å². The second-order valence-corrected chi connectivity index (χ2v) is 11.1. The molecule has 6 nitrogen and oxygen atoms in total. The van der Waals surface area contributed by atoms with Crippen molar-refractivity contribution in [3.63, 3.8) is 0 Å². The highest BCUT2D eigenvalue weighted by Gasteiger charge is 2.24. The van der Waals surface area contributed by atoms with E-state index in [-0.39, 0.29) is 11.8 Å². The van der Waals surface area contributed by atoms with E-state index < -0.39 is 0 Å². The van der Waals surface area contributed by atoms with Crippen LogP contribution < -0.4 is 10.1 Å². The van der Waals surface area contributed by atoms with Crippen LogP contribution in [-0.2, 0) is 22.7 Å². The van der Waals surface area contributed by atoms with Crippen molar-refractivity contribution in [2.75, 3.05) is 39.4 Å². The van der Waals surface area contributed by atoms with Crippen LogP contribution in [0.4, 0.5) is 0 Å². The number of aromatic nitrogens is 1. The second kappa shape index (κ2) is 14.2. The van der Waals surface area contributed by atoms with Crippen molar-refractivity contribution < 1.29 is 14.3 Å². The third-order valence-corrected chi connectivity index (χ3v) is 8.14. The number of morpholine rings is 1. The molecule has 6 heteroatoms. The maximum atomic E-state index is 13.5. The van der Waals surface area contributed by atoms with Crippen molar-refractivity contribution in [3.05, 3.63) is 138 Å². The van der Waals surface area contributed by atoms with Gasteiger partial charge in [0.25, 0.3) is 0 Å². The first-order valence-corrected chi connectivity index (χ1v) is 15.2. The lowest BCUT2D eigenvalue weighted by Gasteiger charge is -2.26. The molecule has 5 aromatic rings. The molecule has 1 aliphatic rings. The van der Waals surface area contributed by atoms with Crippen molar-refractivity contribution in [1.29, 1.82) is 0 Å². The average molecular weight is 574 g/mol. The Kier molecular flexibility index (Phi) is 9.47. The molecule has 1 amide bonds. The van der Waals surface area contributed by atoms with Crippen molar-refractivity contribution in [3.8, 4) is 5.75 Å². The zero-order chi connectivity index (χ0) is 29.3. The highest BCUT2D eigenvalue weighted by Crippen LogP contribution is 2.36. The van der Waals surface area contributed by atoms with Gasteiger partial charge < -0.3 is 19.4 Å². The molecule has 43 heavy (non-hydrogen) atoms. The van der Waals surface area contributed by atoms with Crippen LogP contribution in [0, 0.1) is 0 Å². The van der Waals surface area contributed by atoms with Crippen LogP contribution in [0.2, 0.25) is 0 Å². The number of benzene rings is 4. The van der Waals surface area contributed by atoms with Gasteiger partial charge in [0.1, 0.15) is 12.4 Å². The van der Waals surface area contributed by atoms with Crippen LogP contribution >= 0.6 is 0 Å². The predicted octanol–water partition coefficient (Wildman–Crippen LogP) is 6.24. The molecule has 1 saturated heterocycles. The van der Waals surface area contributed by atoms with E-state index in [0.717, 1.165) is 67.3 Å². The van der Waals surface area contributed by atoms with E-state index in [9.17, 15) is 4.79 Å². The molecule has 1 aromatic heterocycles. The Labute approximate surface area is 253 Å². The van der Waals surface area contributed by atoms with Crippen LogP contribution in [-0.4, -0.2) is 54.8 Å². The molecule has 1 aliphatic heterocycles. The van der Waals surface area contributed by atoms with E-state index in [2.05, 4.69) is 93.8 Å². The van der Waals surface area contributed by atoms with Gasteiger partial charge in [-0.2, -0.15) is 0 Å². The molecule has 0 bridgehead atoms. The first-order chi connectivity index (χ1) is 21.2. The van der Waals surface area contributed by atoms with Crippen LogP contribution in [0.15, 0.2) is 115 Å². The minimum atomic E-state index is -0.134. The quantitative estimate of drug-likeness (QED) is 0.192. The highest BCUT2D eigenvalue weighted by molar-refractivity contribution is 5.87. The molecule has 0 spiro atoms. The van der Waals surface area contributed by atoms with E-state index in [1.165, 1.54) is 10.9 Å². The number of carbonyl (C=O) groups excluding carboxylic acids is 1. The Morgan fingerprint density at radius 1 is 0.837 bits per heavy atom. The number of nitrogens with one attached hydrogen (secondary N) is 1. The molecular formula is C37H39N3O3. The summed E-state index contributed by atoms with van der Waals surface area (Å²) in [5.41, 5.74) is 5.73. The fourth-order valence-electron chi connectivity index (χ4n) is 5.87. The van der Waals surface area contributed by atoms with Gasteiger partial charge in [-0.25, -0.2) is 0 Å². The topological polar surface area (TPSA) is 55.7 Å². The molecule has 0 aliphatic carbocycles. The normalized spacial score (nSPS) is 14.4. The summed E-state index contributed by atoms with van der Waals surface area (Å²) in [4.78, 5) is 15.8. The Balaban J connectivity index is 1.28. The fourth-order valence-corrected chi connectivity index (χ4v) is 5.87. The highest BCUT2D eigenvalue weighted by atomic mass is 16.5. The van der Waals surface area contributed by atoms with Gasteiger partial charge in [0.15, 0.2) is 0 Å². The lowest BCUT2D eigenvalue weighted by atomic mass is 9.88. The number of hydrogen-bond acceptors (Lipinski definition) is 4. The van der Waals surface area contributed by atoms with E-state index in [0.29, 0.717) is 19.6 Å². The summed E-state index contributed by atoms with van der Waals surface area (Å²) in [6, 6.07) is 37.4. The van der Waals surface area contributed by atoms with Gasteiger partial charge in [0.05, 0.1) is 13.2 Å². The fraction of sp³-hybridized carbons (Fsp3) is 0.270. The van der Waals surface area contributed by atoms with Crippen molar-refractivity contribution in [1.82, 2.24) is 14.8 Å². The number of nitrogens with zero attached hydrogens (tertiary/aromatic N) is 2. The number of rotatable bonds is 12. The molecule has 220 valence electrons. The molecule has 6 rings (SSSR count). The molecular weight excluding hydrogens is 534 g/mol. The predicted molar refractivity (Wildman–Crippen MR) is 171 cm³/mol. The van der Waals surface area contributed by atoms with Crippen LogP contribution in [0.3, 0.4) is 0 Å². The van der Waals surface area contributed by atoms with Gasteiger partial charge in [-0.3, -0.25) is 9.69 Å². The van der Waals surface area contributed by atoms with Crippen LogP contribution in [0.1, 0.15) is 34.6 Å². The van der Waals surface area contributed by atoms with Gasteiger partial charge in [0, 0.05) is 62.2 Å². The Bertz CT molecular complexity index is 1610. The number of ether oxygens (including phenoxy) is 2. The Morgan fingerprint density at radius 2 is 1.56 bits per heavy atom. The standard InChI is InChI=1S/C37H39N3O3/c41-37(38-18-19-39-20-22-42-23-21-39)25-34(31-14-9-15-32(24-31)43-28-30-12-5-2-6-13-30)35-27-40(26-29-10-3-1-4-11-29)36-17-8-7-16-33(35)36/h1-17,24,27,34H,18-23,25-26,28H2,(H,38,41)/t34-/m0/s1. The van der Waals surface area contributed by atoms with Crippen molar-refractivity contribution >= 4 is 16.8 Å². The van der Waals surface area contributed by atoms with E-state index in [4.69, 9.17) is 9.47 Å². The lowest BCUT2D eigenvalue weighted by Crippen LogP contribution is -2.41. The van der Waals surface area contributed by atoms with E-state index in [1.807, 2.05) is 36.4 Å². The smallest absolute Gasteiger partial charge is 0.220 e. The molecule has 1 atom stereocenters. The number of amides is 1. The summed E-state index contributed by atoms with van der Waals surface area (Å²) >= 11 is 0. The third kappa shape index (κ3) is 7.53. The summed E-state index contributed by atoms with van der Waals surface area (Å²) in [5.74, 6) is 0.714. The molecule has 1 N–H and O–H groups in total. The Morgan fingerprint density at radius 3 is 2.35 bits per heavy atom. The average Bonchev–Trinajstić information content (AvgIpc) is 3.42. The van der Waals surface area contributed by atoms with Crippen molar-refractivity contribution in [2.24, 2.45) is 0 Å². The maximum Gasteiger partial charge on any atom is 0.220 e. The number of fused-ring (bicyclic) bond motifs is 1. The molecule has 0 unspecified atom stereocenters. The molecule has 0 saturated carbocycles. The van der Waals surface area contributed by atoms with Gasteiger partial charge in [-0.1, -0.05) is 91.0 Å². The van der Waals surface area contributed by atoms with E-state index >= 15 is 0 Å². The zero-order valence-corrected chi connectivity index (χ0v) is 24.5. The summed E-state index contributed by atoms with van der Waals surface area (Å²) in [7, 11) is 0. The number of hydrogen-bond donors (Lipinski definition) is 1. The van der Waals surface area contributed by atoms with Gasteiger partial charge in [-0.15, -0.1) is 0 Å². The number of para-hydroxylation sites is 1. The summed E-state index contributed by atoms with van der Waals surface area (Å²) in [6.45, 7) is 6.05. The summed E-state index contributed by atoms with van der Waals surface area (Å²) < 4.78 is 14.0. The molecule has 1 fully saturated rings. The SMILES string of the molecule is O=C(C[C@@H](c1cccc(OCc2ccccc2)c1)c1cn(Cc2ccccc2)c2ccccc12)NCCN1CCOCC1. The van der Waals surface area contributed by atoms with Gasteiger partial charge >= 0.3 is 0 Å². The summed E-state index contributed by atoms with van der Waals surface area (Å²) in [5, 5.41) is 4.36. The van der Waals surface area contributed by atoms with Crippen LogP contribution in [0.25, 0.3) is 10.9 Å². The van der Waals surface area contributed by atoms with Crippen molar-refractivity contribution in [2.45, 2.75) is 25.5 Å². The second-order valence-electron chi connectivity index (χ2n) is 11.1. The lowest BCUT2D eigenvalue weighted by molar-refractivity contribution is -0.121. The van der Waals surface area contributed by atoms with Gasteiger partial charge in [0.2, 0.25) is 5.91 Å². The molecule has 0 radical (unpaired) electrons. The summed E-state index contributed by atoms with van der Waals surface area (Å²) in [6.07, 6.45) is 2.59.